The highest BCUT2D eigenvalue weighted by Gasteiger charge is 2.41. The molecular weight excluding hydrogens is 388 g/mol. The summed E-state index contributed by atoms with van der Waals surface area (Å²) in [6.07, 6.45) is 0. The summed E-state index contributed by atoms with van der Waals surface area (Å²) in [5.74, 6) is -0.325. The van der Waals surface area contributed by atoms with E-state index in [4.69, 9.17) is 4.74 Å². The van der Waals surface area contributed by atoms with Gasteiger partial charge >= 0.3 is 0 Å². The molecule has 31 heavy (non-hydrogen) atoms. The second-order valence-corrected chi connectivity index (χ2v) is 7.68. The van der Waals surface area contributed by atoms with Crippen molar-refractivity contribution in [2.45, 2.75) is 20.8 Å². The van der Waals surface area contributed by atoms with Crippen molar-refractivity contribution in [2.24, 2.45) is 0 Å². The van der Waals surface area contributed by atoms with Crippen LogP contribution >= 0.6 is 0 Å². The van der Waals surface area contributed by atoms with Gasteiger partial charge < -0.3 is 10.1 Å². The number of imide groups is 1. The van der Waals surface area contributed by atoms with Crippen molar-refractivity contribution >= 4 is 28.8 Å². The smallest absolute Gasteiger partial charge is 0.282 e. The molecule has 1 aliphatic heterocycles. The van der Waals surface area contributed by atoms with Crippen molar-refractivity contribution < 1.29 is 14.3 Å². The fraction of sp³-hybridized carbons (Fsp3) is 0.154. The first-order valence-electron chi connectivity index (χ1n) is 10.1. The van der Waals surface area contributed by atoms with Gasteiger partial charge in [-0.15, -0.1) is 0 Å². The van der Waals surface area contributed by atoms with Crippen molar-refractivity contribution in [3.63, 3.8) is 0 Å². The summed E-state index contributed by atoms with van der Waals surface area (Å²) < 4.78 is 5.45. The number of aryl methyl sites for hydroxylation is 3. The molecule has 3 aromatic rings. The number of hydrogen-bond donors (Lipinski definition) is 1. The molecule has 4 rings (SSSR count). The van der Waals surface area contributed by atoms with Crippen LogP contribution in [0.2, 0.25) is 0 Å². The quantitative estimate of drug-likeness (QED) is 0.598. The molecule has 0 atom stereocenters. The van der Waals surface area contributed by atoms with Crippen LogP contribution in [0.5, 0.6) is 5.75 Å². The lowest BCUT2D eigenvalue weighted by Crippen LogP contribution is -2.32. The fourth-order valence-corrected chi connectivity index (χ4v) is 3.72. The Kier molecular flexibility index (Phi) is 5.34. The van der Waals surface area contributed by atoms with Crippen LogP contribution in [0, 0.1) is 20.8 Å². The van der Waals surface area contributed by atoms with E-state index in [2.05, 4.69) is 5.32 Å². The molecule has 1 aliphatic rings. The Labute approximate surface area is 182 Å². The normalized spacial score (nSPS) is 13.7. The van der Waals surface area contributed by atoms with Crippen molar-refractivity contribution in [3.8, 4) is 5.75 Å². The van der Waals surface area contributed by atoms with E-state index in [0.717, 1.165) is 22.4 Å². The van der Waals surface area contributed by atoms with Crippen LogP contribution in [0.4, 0.5) is 11.4 Å². The molecular formula is C26H24N2O3. The Hall–Kier alpha value is -3.86. The van der Waals surface area contributed by atoms with Gasteiger partial charge in [-0.1, -0.05) is 48.5 Å². The summed E-state index contributed by atoms with van der Waals surface area (Å²) in [6, 6.07) is 20.7. The Morgan fingerprint density at radius 3 is 2.19 bits per heavy atom. The molecule has 0 bridgehead atoms. The summed E-state index contributed by atoms with van der Waals surface area (Å²) >= 11 is 0. The Morgan fingerprint density at radius 2 is 1.48 bits per heavy atom. The van der Waals surface area contributed by atoms with E-state index in [9.17, 15) is 9.59 Å². The average molecular weight is 412 g/mol. The minimum Gasteiger partial charge on any atom is -0.495 e. The molecule has 0 radical (unpaired) electrons. The number of nitrogens with zero attached hydrogens (tertiary/aromatic N) is 1. The molecule has 0 saturated carbocycles. The first-order valence-corrected chi connectivity index (χ1v) is 10.1. The highest BCUT2D eigenvalue weighted by atomic mass is 16.5. The summed E-state index contributed by atoms with van der Waals surface area (Å²) in [6.45, 7) is 5.87. The molecule has 0 saturated heterocycles. The summed E-state index contributed by atoms with van der Waals surface area (Å²) in [7, 11) is 1.53. The van der Waals surface area contributed by atoms with Gasteiger partial charge in [0, 0.05) is 5.69 Å². The van der Waals surface area contributed by atoms with Gasteiger partial charge in [-0.05, 0) is 61.2 Å². The second kappa shape index (κ2) is 8.11. The molecule has 156 valence electrons. The van der Waals surface area contributed by atoms with Crippen molar-refractivity contribution in [2.75, 3.05) is 17.3 Å². The molecule has 2 amide bonds. The lowest BCUT2D eigenvalue weighted by molar-refractivity contribution is -0.120. The molecule has 5 nitrogen and oxygen atoms in total. The standard InChI is InChI=1S/C26H24N2O3/c1-16-10-12-18(3)20(14-16)27-24-23(19-8-6-5-7-9-19)25(29)28(26(24)30)21-15-17(2)11-13-22(21)31-4/h5-15,27H,1-4H3. The number of rotatable bonds is 5. The van der Waals surface area contributed by atoms with Crippen LogP contribution in [0.3, 0.4) is 0 Å². The van der Waals surface area contributed by atoms with Crippen molar-refractivity contribution in [3.05, 3.63) is 94.7 Å². The van der Waals surface area contributed by atoms with Gasteiger partial charge in [0.25, 0.3) is 11.8 Å². The number of anilines is 2. The fourth-order valence-electron chi connectivity index (χ4n) is 3.72. The molecule has 5 heteroatoms. The zero-order valence-electron chi connectivity index (χ0n) is 18.0. The minimum atomic E-state index is -0.409. The van der Waals surface area contributed by atoms with Gasteiger partial charge in [0.1, 0.15) is 11.4 Å². The maximum absolute atomic E-state index is 13.6. The monoisotopic (exact) mass is 412 g/mol. The van der Waals surface area contributed by atoms with Crippen LogP contribution in [0.1, 0.15) is 22.3 Å². The van der Waals surface area contributed by atoms with Gasteiger partial charge in [0.05, 0.1) is 18.4 Å². The van der Waals surface area contributed by atoms with E-state index in [1.165, 1.54) is 12.0 Å². The Balaban J connectivity index is 1.87. The number of nitrogens with one attached hydrogen (secondary N) is 1. The van der Waals surface area contributed by atoms with E-state index < -0.39 is 5.91 Å². The van der Waals surface area contributed by atoms with Gasteiger partial charge in [0.2, 0.25) is 0 Å². The van der Waals surface area contributed by atoms with Crippen LogP contribution in [-0.4, -0.2) is 18.9 Å². The Bertz CT molecular complexity index is 1210. The minimum absolute atomic E-state index is 0.258. The van der Waals surface area contributed by atoms with Crippen molar-refractivity contribution in [1.82, 2.24) is 0 Å². The number of benzene rings is 3. The summed E-state index contributed by atoms with van der Waals surface area (Å²) in [5, 5.41) is 3.26. The van der Waals surface area contributed by atoms with Crippen LogP contribution in [0.25, 0.3) is 5.57 Å². The van der Waals surface area contributed by atoms with Gasteiger partial charge in [-0.2, -0.15) is 0 Å². The highest BCUT2D eigenvalue weighted by molar-refractivity contribution is 6.46. The number of amides is 2. The third-order valence-electron chi connectivity index (χ3n) is 5.37. The van der Waals surface area contributed by atoms with Crippen LogP contribution in [0.15, 0.2) is 72.4 Å². The third kappa shape index (κ3) is 3.70. The second-order valence-electron chi connectivity index (χ2n) is 7.68. The van der Waals surface area contributed by atoms with Gasteiger partial charge in [-0.25, -0.2) is 4.90 Å². The zero-order chi connectivity index (χ0) is 22.1. The molecule has 0 unspecified atom stereocenters. The maximum Gasteiger partial charge on any atom is 0.282 e. The largest absolute Gasteiger partial charge is 0.495 e. The molecule has 0 spiro atoms. The predicted octanol–water partition coefficient (Wildman–Crippen LogP) is 5.02. The van der Waals surface area contributed by atoms with Crippen molar-refractivity contribution in [1.29, 1.82) is 0 Å². The molecule has 0 aliphatic carbocycles. The number of ether oxygens (including phenoxy) is 1. The molecule has 3 aromatic carbocycles. The maximum atomic E-state index is 13.6. The molecule has 1 heterocycles. The summed E-state index contributed by atoms with van der Waals surface area (Å²) in [5.41, 5.74) is 5.48. The van der Waals surface area contributed by atoms with E-state index in [1.807, 2.05) is 75.4 Å². The van der Waals surface area contributed by atoms with Gasteiger partial charge in [-0.3, -0.25) is 9.59 Å². The van der Waals surface area contributed by atoms with Crippen LogP contribution in [-0.2, 0) is 9.59 Å². The molecule has 1 N–H and O–H groups in total. The summed E-state index contributed by atoms with van der Waals surface area (Å²) in [4.78, 5) is 28.4. The zero-order valence-corrected chi connectivity index (χ0v) is 18.0. The van der Waals surface area contributed by atoms with E-state index >= 15 is 0 Å². The van der Waals surface area contributed by atoms with Gasteiger partial charge in [0.15, 0.2) is 0 Å². The lowest BCUT2D eigenvalue weighted by atomic mass is 10.0. The van der Waals surface area contributed by atoms with E-state index in [1.54, 1.807) is 12.1 Å². The molecule has 0 fully saturated rings. The SMILES string of the molecule is COc1ccc(C)cc1N1C(=O)C(Nc2cc(C)ccc2C)=C(c2ccccc2)C1=O. The number of carbonyl (C=O) groups is 2. The predicted molar refractivity (Wildman–Crippen MR) is 123 cm³/mol. The van der Waals surface area contributed by atoms with E-state index in [-0.39, 0.29) is 11.6 Å². The number of hydrogen-bond acceptors (Lipinski definition) is 4. The third-order valence-corrected chi connectivity index (χ3v) is 5.37. The Morgan fingerprint density at radius 1 is 0.806 bits per heavy atom. The lowest BCUT2D eigenvalue weighted by Gasteiger charge is -2.19. The first-order chi connectivity index (χ1) is 14.9. The first kappa shape index (κ1) is 20.4. The number of methoxy groups -OCH3 is 1. The number of carbonyl (C=O) groups excluding carboxylic acids is 2. The average Bonchev–Trinajstić information content (AvgIpc) is 3.00. The highest BCUT2D eigenvalue weighted by Crippen LogP contribution is 2.38. The van der Waals surface area contributed by atoms with E-state index in [0.29, 0.717) is 22.6 Å². The van der Waals surface area contributed by atoms with Crippen LogP contribution < -0.4 is 15.0 Å². The molecule has 0 aromatic heterocycles. The topological polar surface area (TPSA) is 58.6 Å².